The van der Waals surface area contributed by atoms with E-state index in [0.29, 0.717) is 22.1 Å². The van der Waals surface area contributed by atoms with Crippen molar-refractivity contribution in [2.24, 2.45) is 0 Å². The molecule has 0 fully saturated rings. The lowest BCUT2D eigenvalue weighted by atomic mass is 9.99. The molecule has 0 aliphatic rings. The van der Waals surface area contributed by atoms with Crippen LogP contribution in [0.2, 0.25) is 0 Å². The summed E-state index contributed by atoms with van der Waals surface area (Å²) in [6, 6.07) is 1.82. The van der Waals surface area contributed by atoms with Crippen LogP contribution in [0.5, 0.6) is 0 Å². The van der Waals surface area contributed by atoms with Crippen molar-refractivity contribution in [2.75, 3.05) is 5.32 Å². The van der Waals surface area contributed by atoms with Crippen LogP contribution in [0, 0.1) is 20.8 Å². The van der Waals surface area contributed by atoms with Crippen LogP contribution in [-0.2, 0) is 11.2 Å². The minimum Gasteiger partial charge on any atom is -0.463 e. The number of amides is 1. The highest BCUT2D eigenvalue weighted by molar-refractivity contribution is 6.07. The van der Waals surface area contributed by atoms with E-state index in [4.69, 9.17) is 8.83 Å². The first-order chi connectivity index (χ1) is 12.5. The fourth-order valence-electron chi connectivity index (χ4n) is 3.22. The van der Waals surface area contributed by atoms with Crippen LogP contribution in [0.15, 0.2) is 26.0 Å². The summed E-state index contributed by atoms with van der Waals surface area (Å²) in [6.45, 7) is 5.67. The molecule has 3 heterocycles. The van der Waals surface area contributed by atoms with Crippen molar-refractivity contribution in [1.82, 2.24) is 20.6 Å². The first kappa shape index (κ1) is 16.0. The molecule has 0 atom stereocenters. The van der Waals surface area contributed by atoms with Crippen molar-refractivity contribution in [3.05, 3.63) is 45.0 Å². The summed E-state index contributed by atoms with van der Waals surface area (Å²) in [7, 11) is 0. The maximum absolute atomic E-state index is 12.4. The molecule has 4 aromatic rings. The fraction of sp³-hybridized carbons (Fsp3) is 0.235. The maximum Gasteiger partial charge on any atom is 0.340 e. The molecule has 1 aromatic carbocycles. The molecule has 132 valence electrons. The summed E-state index contributed by atoms with van der Waals surface area (Å²) < 4.78 is 11.2. The molecule has 1 amide bonds. The van der Waals surface area contributed by atoms with E-state index in [2.05, 4.69) is 25.9 Å². The van der Waals surface area contributed by atoms with Gasteiger partial charge in [0.15, 0.2) is 0 Å². The lowest BCUT2D eigenvalue weighted by Crippen LogP contribution is -2.21. The molecule has 0 saturated heterocycles. The second-order valence-corrected chi connectivity index (χ2v) is 6.14. The van der Waals surface area contributed by atoms with Crippen LogP contribution in [0.1, 0.15) is 22.3 Å². The molecule has 0 saturated carbocycles. The van der Waals surface area contributed by atoms with Gasteiger partial charge >= 0.3 is 5.63 Å². The number of rotatable bonds is 3. The molecule has 26 heavy (non-hydrogen) atoms. The van der Waals surface area contributed by atoms with Crippen LogP contribution in [0.3, 0.4) is 0 Å². The molecule has 9 nitrogen and oxygen atoms in total. The summed E-state index contributed by atoms with van der Waals surface area (Å²) >= 11 is 0. The van der Waals surface area contributed by atoms with Gasteiger partial charge in [0.25, 0.3) is 5.95 Å². The molecule has 2 N–H and O–H groups in total. The Labute approximate surface area is 146 Å². The van der Waals surface area contributed by atoms with E-state index >= 15 is 0 Å². The smallest absolute Gasteiger partial charge is 0.340 e. The van der Waals surface area contributed by atoms with Crippen LogP contribution in [-0.4, -0.2) is 26.5 Å². The number of aromatic nitrogens is 4. The molecule has 0 bridgehead atoms. The van der Waals surface area contributed by atoms with Gasteiger partial charge < -0.3 is 8.83 Å². The van der Waals surface area contributed by atoms with Gasteiger partial charge in [-0.15, -0.1) is 5.10 Å². The number of furan rings is 1. The second kappa shape index (κ2) is 5.80. The van der Waals surface area contributed by atoms with Gasteiger partial charge in [-0.3, -0.25) is 10.1 Å². The number of aryl methyl sites for hydroxylation is 3. The first-order valence-corrected chi connectivity index (χ1v) is 7.92. The Morgan fingerprint density at radius 3 is 2.77 bits per heavy atom. The zero-order valence-corrected chi connectivity index (χ0v) is 14.3. The van der Waals surface area contributed by atoms with Crippen molar-refractivity contribution in [1.29, 1.82) is 0 Å². The Kier molecular flexibility index (Phi) is 3.57. The van der Waals surface area contributed by atoms with Crippen molar-refractivity contribution < 1.29 is 13.6 Å². The molecular weight excluding hydrogens is 338 g/mol. The number of carbonyl (C=O) groups is 1. The third-order valence-corrected chi connectivity index (χ3v) is 4.40. The third-order valence-electron chi connectivity index (χ3n) is 4.40. The van der Waals surface area contributed by atoms with E-state index < -0.39 is 11.5 Å². The predicted molar refractivity (Wildman–Crippen MR) is 93.0 cm³/mol. The summed E-state index contributed by atoms with van der Waals surface area (Å²) in [6.07, 6.45) is 1.50. The number of hydrogen-bond acceptors (Lipinski definition) is 7. The van der Waals surface area contributed by atoms with Gasteiger partial charge in [0, 0.05) is 5.39 Å². The lowest BCUT2D eigenvalue weighted by Gasteiger charge is -2.09. The van der Waals surface area contributed by atoms with Crippen LogP contribution >= 0.6 is 0 Å². The average Bonchev–Trinajstić information content (AvgIpc) is 3.21. The summed E-state index contributed by atoms with van der Waals surface area (Å²) in [5, 5.41) is 17.0. The number of nitrogens with zero attached hydrogens (tertiary/aromatic N) is 3. The SMILES string of the molecule is Cc1coc2c1c(C)cc1oc(=O)c(CC(=O)Nc3nn[nH]n3)c(C)c12. The molecule has 0 spiro atoms. The van der Waals surface area contributed by atoms with Crippen molar-refractivity contribution in [3.8, 4) is 0 Å². The lowest BCUT2D eigenvalue weighted by molar-refractivity contribution is -0.115. The number of hydrogen-bond donors (Lipinski definition) is 2. The third kappa shape index (κ3) is 2.44. The number of benzene rings is 1. The number of aromatic amines is 1. The fourth-order valence-corrected chi connectivity index (χ4v) is 3.22. The van der Waals surface area contributed by atoms with Crippen molar-refractivity contribution in [2.45, 2.75) is 27.2 Å². The monoisotopic (exact) mass is 353 g/mol. The number of tetrazole rings is 1. The summed E-state index contributed by atoms with van der Waals surface area (Å²) in [5.74, 6) is -0.405. The zero-order chi connectivity index (χ0) is 18.4. The molecule has 0 aliphatic heterocycles. The Hall–Kier alpha value is -3.49. The molecule has 0 unspecified atom stereocenters. The highest BCUT2D eigenvalue weighted by atomic mass is 16.4. The van der Waals surface area contributed by atoms with Crippen LogP contribution in [0.25, 0.3) is 21.9 Å². The van der Waals surface area contributed by atoms with Gasteiger partial charge in [0.2, 0.25) is 5.91 Å². The minimum absolute atomic E-state index is 0.0394. The molecule has 3 aromatic heterocycles. The number of H-pyrrole nitrogens is 1. The average molecular weight is 353 g/mol. The van der Waals surface area contributed by atoms with Gasteiger partial charge in [0.05, 0.1) is 23.6 Å². The highest BCUT2D eigenvalue weighted by Gasteiger charge is 2.20. The second-order valence-electron chi connectivity index (χ2n) is 6.14. The van der Waals surface area contributed by atoms with Crippen molar-refractivity contribution >= 4 is 33.8 Å². The van der Waals surface area contributed by atoms with Gasteiger partial charge in [-0.2, -0.15) is 5.21 Å². The first-order valence-electron chi connectivity index (χ1n) is 7.92. The Bertz CT molecular complexity index is 1200. The minimum atomic E-state index is -0.555. The van der Waals surface area contributed by atoms with Crippen molar-refractivity contribution in [3.63, 3.8) is 0 Å². The van der Waals surface area contributed by atoms with E-state index in [-0.39, 0.29) is 17.9 Å². The molecule has 9 heteroatoms. The maximum atomic E-state index is 12.4. The van der Waals surface area contributed by atoms with Gasteiger partial charge in [0.1, 0.15) is 11.2 Å². The molecule has 0 aliphatic carbocycles. The van der Waals surface area contributed by atoms with Gasteiger partial charge in [-0.05, 0) is 48.7 Å². The highest BCUT2D eigenvalue weighted by Crippen LogP contribution is 2.34. The van der Waals surface area contributed by atoms with E-state index in [9.17, 15) is 9.59 Å². The molecule has 4 rings (SSSR count). The predicted octanol–water partition coefficient (Wildman–Crippen LogP) is 2.16. The summed E-state index contributed by atoms with van der Waals surface area (Å²) in [4.78, 5) is 24.6. The quantitative estimate of drug-likeness (QED) is 0.540. The van der Waals surface area contributed by atoms with E-state index in [1.807, 2.05) is 19.9 Å². The normalized spacial score (nSPS) is 11.3. The van der Waals surface area contributed by atoms with Gasteiger partial charge in [-0.25, -0.2) is 4.79 Å². The number of nitrogens with one attached hydrogen (secondary N) is 2. The van der Waals surface area contributed by atoms with E-state index in [0.717, 1.165) is 16.5 Å². The van der Waals surface area contributed by atoms with Crippen LogP contribution < -0.4 is 10.9 Å². The molecule has 0 radical (unpaired) electrons. The van der Waals surface area contributed by atoms with Crippen LogP contribution in [0.4, 0.5) is 5.95 Å². The molecular formula is C17H15N5O4. The number of fused-ring (bicyclic) bond motifs is 3. The summed E-state index contributed by atoms with van der Waals surface area (Å²) in [5.41, 5.74) is 3.41. The Morgan fingerprint density at radius 2 is 2.04 bits per heavy atom. The topological polar surface area (TPSA) is 127 Å². The number of carbonyl (C=O) groups excluding carboxylic acids is 1. The van der Waals surface area contributed by atoms with E-state index in [1.54, 1.807) is 13.2 Å². The zero-order valence-electron chi connectivity index (χ0n) is 14.3. The Balaban J connectivity index is 1.85. The standard InChI is InChI=1S/C17H15N5O4/c1-7-4-11-14(15-13(7)8(2)6-25-15)9(3)10(16(24)26-11)5-12(23)18-17-19-21-22-20-17/h4,6H,5H2,1-3H3,(H2,18,19,20,21,22,23). The largest absolute Gasteiger partial charge is 0.463 e. The Morgan fingerprint density at radius 1 is 1.23 bits per heavy atom. The number of anilines is 1. The van der Waals surface area contributed by atoms with Gasteiger partial charge in [-0.1, -0.05) is 5.10 Å². The van der Waals surface area contributed by atoms with E-state index in [1.165, 1.54) is 0 Å².